The molecule has 0 saturated carbocycles. The number of likely N-dealkylation sites (N-methyl/N-ethyl adjacent to an activating group) is 1. The Kier molecular flexibility index (Phi) is 15.7. The summed E-state index contributed by atoms with van der Waals surface area (Å²) < 4.78 is 14.3. The van der Waals surface area contributed by atoms with Crippen LogP contribution in [0.5, 0.6) is 0 Å². The number of likely N-dealkylation sites (tertiary alicyclic amines) is 1. The van der Waals surface area contributed by atoms with Crippen LogP contribution in [-0.2, 0) is 52.8 Å². The van der Waals surface area contributed by atoms with E-state index in [0.717, 1.165) is 50.1 Å². The molecule has 2 fully saturated rings. The zero-order valence-corrected chi connectivity index (χ0v) is 40.4. The highest BCUT2D eigenvalue weighted by Crippen LogP contribution is 2.42. The minimum absolute atomic E-state index is 0.120. The maximum Gasteiger partial charge on any atom is 0.324 e. The number of rotatable bonds is 10. The van der Waals surface area contributed by atoms with E-state index in [4.69, 9.17) is 14.5 Å². The Morgan fingerprint density at radius 2 is 1.81 bits per heavy atom. The Labute approximate surface area is 395 Å². The van der Waals surface area contributed by atoms with E-state index in [0.29, 0.717) is 71.1 Å². The van der Waals surface area contributed by atoms with E-state index in [1.54, 1.807) is 25.3 Å². The Balaban J connectivity index is 1.26. The first kappa shape index (κ1) is 49.0. The summed E-state index contributed by atoms with van der Waals surface area (Å²) in [7, 11) is 3.36. The van der Waals surface area contributed by atoms with Gasteiger partial charge in [-0.2, -0.15) is 0 Å². The Morgan fingerprint density at radius 3 is 2.52 bits per heavy atom. The molecule has 3 aliphatic rings. The highest BCUT2D eigenvalue weighted by Gasteiger charge is 2.39. The summed E-state index contributed by atoms with van der Waals surface area (Å²) in [5.41, 5.74) is 10.5. The number of aldehydes is 1. The van der Waals surface area contributed by atoms with Crippen molar-refractivity contribution in [3.63, 3.8) is 0 Å². The normalized spacial score (nSPS) is 20.3. The lowest BCUT2D eigenvalue weighted by Gasteiger charge is -2.38. The molecular formula is C53H67N7O7. The van der Waals surface area contributed by atoms with Crippen LogP contribution >= 0.6 is 0 Å². The number of piperidine rings is 1. The van der Waals surface area contributed by atoms with E-state index < -0.39 is 35.4 Å². The van der Waals surface area contributed by atoms with Gasteiger partial charge in [0.2, 0.25) is 11.8 Å². The second-order valence-electron chi connectivity index (χ2n) is 19.5. The SMILES string of the molecule is CCn1c(-c2cccnc2C(C)OC)c2c3cc(ccc31)-c1cccc(c1)CC(NC(=O)C(C(C)C)N(C)C(=O)C1CCN(CC#CC=O)CC1)C(=O)N1CCCC(N1)C(=O)OCC(C)(C)C2. The monoisotopic (exact) mass is 914 g/mol. The summed E-state index contributed by atoms with van der Waals surface area (Å²) in [5.74, 6) is 3.38. The lowest BCUT2D eigenvalue weighted by atomic mass is 9.84. The second-order valence-corrected chi connectivity index (χ2v) is 19.5. The summed E-state index contributed by atoms with van der Waals surface area (Å²) in [5, 5.41) is 5.63. The molecule has 4 atom stereocenters. The summed E-state index contributed by atoms with van der Waals surface area (Å²) in [6.45, 7) is 15.1. The van der Waals surface area contributed by atoms with Crippen molar-refractivity contribution < 1.29 is 33.4 Å². The standard InChI is InChI=1S/C53H67N7O7/c1-9-59-45-20-19-39-31-41(45)42(48(59)40-17-13-23-54-46(40)35(4)66-8)32-53(5,6)33-67-52(65)43-18-14-25-60(56-43)51(64)44(30-36-15-12-16-38(39)29-36)55-49(62)47(34(2)3)57(7)50(63)37-21-26-58(27-22-37)24-10-11-28-61/h12-13,15-17,19-20,23,28-29,31,34-35,37,43-44,47,56H,9,14,18,21-22,24-27,30,32-33H2,1-8H3,(H,55,62). The van der Waals surface area contributed by atoms with Crippen LogP contribution in [0.2, 0.25) is 0 Å². The second kappa shape index (κ2) is 21.4. The van der Waals surface area contributed by atoms with Crippen molar-refractivity contribution in [1.29, 1.82) is 0 Å². The van der Waals surface area contributed by atoms with Gasteiger partial charge in [-0.25, -0.2) is 5.43 Å². The minimum Gasteiger partial charge on any atom is -0.464 e. The number of cyclic esters (lactones) is 1. The van der Waals surface area contributed by atoms with Crippen LogP contribution in [0.3, 0.4) is 0 Å². The minimum atomic E-state index is -1.03. The zero-order chi connectivity index (χ0) is 48.0. The highest BCUT2D eigenvalue weighted by atomic mass is 16.5. The number of fused-ring (bicyclic) bond motifs is 6. The maximum absolute atomic E-state index is 14.7. The number of benzene rings is 2. The van der Waals surface area contributed by atoms with Crippen molar-refractivity contribution >= 4 is 40.9 Å². The number of pyridine rings is 1. The molecule has 2 aromatic carbocycles. The fourth-order valence-electron chi connectivity index (χ4n) is 10.1. The van der Waals surface area contributed by atoms with Crippen molar-refractivity contribution in [2.45, 2.75) is 111 Å². The van der Waals surface area contributed by atoms with E-state index in [-0.39, 0.29) is 42.8 Å². The van der Waals surface area contributed by atoms with Gasteiger partial charge >= 0.3 is 5.97 Å². The van der Waals surface area contributed by atoms with Gasteiger partial charge in [-0.1, -0.05) is 63.9 Å². The lowest BCUT2D eigenvalue weighted by molar-refractivity contribution is -0.155. The summed E-state index contributed by atoms with van der Waals surface area (Å²) in [6, 6.07) is 16.0. The molecule has 4 unspecified atom stereocenters. The van der Waals surface area contributed by atoms with Crippen LogP contribution in [0.1, 0.15) is 90.2 Å². The number of carbonyl (C=O) groups excluding carboxylic acids is 5. The van der Waals surface area contributed by atoms with E-state index >= 15 is 0 Å². The number of esters is 1. The molecule has 14 nitrogen and oxygen atoms in total. The molecule has 5 heterocycles. The average molecular weight is 914 g/mol. The van der Waals surface area contributed by atoms with Gasteiger partial charge in [-0.15, -0.1) is 0 Å². The Hall–Kier alpha value is -5.88. The van der Waals surface area contributed by atoms with Gasteiger partial charge in [0.05, 0.1) is 30.6 Å². The van der Waals surface area contributed by atoms with Gasteiger partial charge in [0, 0.05) is 67.7 Å². The van der Waals surface area contributed by atoms with Gasteiger partial charge in [0.15, 0.2) is 6.29 Å². The molecule has 2 N–H and O–H groups in total. The number of aryl methyl sites for hydroxylation is 1. The largest absolute Gasteiger partial charge is 0.464 e. The van der Waals surface area contributed by atoms with Crippen molar-refractivity contribution in [3.8, 4) is 34.2 Å². The van der Waals surface area contributed by atoms with Gasteiger partial charge in [0.25, 0.3) is 5.91 Å². The molecule has 3 amide bonds. The van der Waals surface area contributed by atoms with Gasteiger partial charge in [-0.3, -0.25) is 38.9 Å². The van der Waals surface area contributed by atoms with E-state index in [1.807, 2.05) is 39.0 Å². The highest BCUT2D eigenvalue weighted by molar-refractivity contribution is 5.96. The molecule has 7 rings (SSSR count). The van der Waals surface area contributed by atoms with Crippen molar-refractivity contribution in [2.24, 2.45) is 17.3 Å². The van der Waals surface area contributed by atoms with Crippen molar-refractivity contribution in [3.05, 3.63) is 77.6 Å². The lowest BCUT2D eigenvalue weighted by Crippen LogP contribution is -2.62. The molecule has 356 valence electrons. The number of methoxy groups -OCH3 is 1. The predicted molar refractivity (Wildman–Crippen MR) is 258 cm³/mol. The molecule has 3 aliphatic heterocycles. The van der Waals surface area contributed by atoms with Crippen LogP contribution < -0.4 is 10.7 Å². The van der Waals surface area contributed by atoms with Gasteiger partial charge in [-0.05, 0) is 117 Å². The number of amides is 3. The van der Waals surface area contributed by atoms with Crippen molar-refractivity contribution in [2.75, 3.05) is 46.9 Å². The number of nitrogens with zero attached hydrogens (tertiary/aromatic N) is 5. The third-order valence-corrected chi connectivity index (χ3v) is 13.7. The first-order chi connectivity index (χ1) is 32.1. The van der Waals surface area contributed by atoms with Crippen LogP contribution in [-0.4, -0.2) is 119 Å². The number of nitrogens with one attached hydrogen (secondary N) is 2. The molecule has 0 aliphatic carbocycles. The smallest absolute Gasteiger partial charge is 0.324 e. The van der Waals surface area contributed by atoms with Crippen LogP contribution in [0.4, 0.5) is 0 Å². The predicted octanol–water partition coefficient (Wildman–Crippen LogP) is 6.14. The molecule has 4 aromatic rings. The van der Waals surface area contributed by atoms with Gasteiger partial charge < -0.3 is 24.3 Å². The molecule has 0 radical (unpaired) electrons. The molecule has 67 heavy (non-hydrogen) atoms. The third-order valence-electron chi connectivity index (χ3n) is 13.7. The molecule has 6 bridgehead atoms. The topological polar surface area (TPSA) is 155 Å². The summed E-state index contributed by atoms with van der Waals surface area (Å²) in [4.78, 5) is 76.4. The Morgan fingerprint density at radius 1 is 1.04 bits per heavy atom. The summed E-state index contributed by atoms with van der Waals surface area (Å²) in [6.07, 6.45) is 5.14. The molecular weight excluding hydrogens is 847 g/mol. The maximum atomic E-state index is 14.7. The number of carbonyl (C=O) groups is 5. The first-order valence-corrected chi connectivity index (χ1v) is 23.8. The van der Waals surface area contributed by atoms with Gasteiger partial charge in [0.1, 0.15) is 18.1 Å². The van der Waals surface area contributed by atoms with E-state index in [1.165, 1.54) is 5.01 Å². The fourth-order valence-corrected chi connectivity index (χ4v) is 10.1. The van der Waals surface area contributed by atoms with E-state index in [9.17, 15) is 24.0 Å². The van der Waals surface area contributed by atoms with Crippen molar-refractivity contribution in [1.82, 2.24) is 35.1 Å². The fraction of sp³-hybridized carbons (Fsp3) is 0.509. The number of hydrazine groups is 1. The average Bonchev–Trinajstić information content (AvgIpc) is 3.63. The first-order valence-electron chi connectivity index (χ1n) is 23.8. The molecule has 2 saturated heterocycles. The number of hydrogen-bond donors (Lipinski definition) is 2. The number of aromatic nitrogens is 2. The molecule has 0 spiro atoms. The number of ether oxygens (including phenoxy) is 2. The number of hydrogen-bond acceptors (Lipinski definition) is 10. The zero-order valence-electron chi connectivity index (χ0n) is 40.4. The summed E-state index contributed by atoms with van der Waals surface area (Å²) >= 11 is 0. The third kappa shape index (κ3) is 11.0. The molecule has 14 heteroatoms. The van der Waals surface area contributed by atoms with E-state index in [2.05, 4.69) is 89.2 Å². The van der Waals surface area contributed by atoms with Crippen LogP contribution in [0, 0.1) is 29.1 Å². The Bertz CT molecular complexity index is 2530. The quantitative estimate of drug-likeness (QED) is 0.108. The molecule has 2 aromatic heterocycles. The van der Waals surface area contributed by atoms with Crippen LogP contribution in [0.25, 0.3) is 33.3 Å². The van der Waals surface area contributed by atoms with Crippen LogP contribution in [0.15, 0.2) is 60.8 Å².